The number of aromatic nitrogens is 6. The highest BCUT2D eigenvalue weighted by Crippen LogP contribution is 2.38. The fourth-order valence-electron chi connectivity index (χ4n) is 6.95. The van der Waals surface area contributed by atoms with Gasteiger partial charge in [-0.3, -0.25) is 4.79 Å². The van der Waals surface area contributed by atoms with Crippen molar-refractivity contribution >= 4 is 28.8 Å². The summed E-state index contributed by atoms with van der Waals surface area (Å²) in [5.74, 6) is -1.75. The predicted octanol–water partition coefficient (Wildman–Crippen LogP) is 5.58. The molecule has 5 aromatic rings. The van der Waals surface area contributed by atoms with Crippen LogP contribution in [-0.4, -0.2) is 94.2 Å². The summed E-state index contributed by atoms with van der Waals surface area (Å²) in [7, 11) is 0. The Kier molecular flexibility index (Phi) is 11.3. The molecule has 6 rings (SSSR count). The molecule has 1 aliphatic rings. The lowest BCUT2D eigenvalue weighted by Gasteiger charge is -2.33. The highest BCUT2D eigenvalue weighted by atomic mass is 19.4. The second-order valence-electron chi connectivity index (χ2n) is 14.3. The molecule has 53 heavy (non-hydrogen) atoms. The highest BCUT2D eigenvalue weighted by Gasteiger charge is 2.52. The normalized spacial score (nSPS) is 19.1. The number of alkyl halides is 3. The maximum atomic E-state index is 13.7. The zero-order chi connectivity index (χ0) is 37.9. The Morgan fingerprint density at radius 3 is 2.17 bits per heavy atom. The number of anilines is 2. The van der Waals surface area contributed by atoms with Gasteiger partial charge in [-0.25, -0.2) is 9.97 Å². The molecule has 3 aromatic heterocycles. The molecule has 4 N–H and O–H groups in total. The molecule has 0 radical (unpaired) electrons. The number of nitrogens with one attached hydrogen (secondary N) is 2. The third-order valence-electron chi connectivity index (χ3n) is 9.66. The second kappa shape index (κ2) is 15.9. The molecule has 0 aliphatic heterocycles. The minimum absolute atomic E-state index is 0.0531. The summed E-state index contributed by atoms with van der Waals surface area (Å²) in [6.07, 6.45) is -2.63. The van der Waals surface area contributed by atoms with Crippen LogP contribution in [0, 0.1) is 5.92 Å². The molecule has 15 heteroatoms. The molecule has 3 heterocycles. The van der Waals surface area contributed by atoms with Gasteiger partial charge in [-0.15, -0.1) is 0 Å². The van der Waals surface area contributed by atoms with Crippen molar-refractivity contribution < 1.29 is 28.2 Å². The number of amides is 1. The van der Waals surface area contributed by atoms with Crippen LogP contribution in [0.15, 0.2) is 79.5 Å². The van der Waals surface area contributed by atoms with Gasteiger partial charge >= 0.3 is 12.1 Å². The van der Waals surface area contributed by atoms with Crippen molar-refractivity contribution in [2.75, 3.05) is 30.3 Å². The van der Waals surface area contributed by atoms with E-state index in [1.54, 1.807) is 24.7 Å². The highest BCUT2D eigenvalue weighted by molar-refractivity contribution is 5.85. The second-order valence-corrected chi connectivity index (χ2v) is 14.3. The summed E-state index contributed by atoms with van der Waals surface area (Å²) in [5, 5.41) is 29.2. The van der Waals surface area contributed by atoms with Crippen molar-refractivity contribution in [1.29, 1.82) is 0 Å². The fourth-order valence-corrected chi connectivity index (χ4v) is 6.95. The first kappa shape index (κ1) is 37.7. The number of hydrogen-bond acceptors (Lipinski definition) is 9. The van der Waals surface area contributed by atoms with Gasteiger partial charge < -0.3 is 34.9 Å². The minimum Gasteiger partial charge on any atom is -0.388 e. The lowest BCUT2D eigenvalue weighted by atomic mass is 9.91. The van der Waals surface area contributed by atoms with Crippen LogP contribution >= 0.6 is 0 Å². The van der Waals surface area contributed by atoms with Crippen molar-refractivity contribution in [2.45, 2.75) is 83.0 Å². The maximum Gasteiger partial charge on any atom is 0.471 e. The number of imidazole rings is 2. The van der Waals surface area contributed by atoms with Crippen LogP contribution in [0.25, 0.3) is 11.2 Å². The number of halogens is 3. The zero-order valence-electron chi connectivity index (χ0n) is 30.1. The molecule has 1 aliphatic carbocycles. The standard InChI is InChI=1S/C38H46F3N9O3/c1-23(2)19-49(36(53)38(39,40)41)29-17-30(33(52)32(29)51)50-22-45-31-34(43-18-28(25-11-7-5-8-12-25)26-13-9-6-10-14-26)46-37(47-35(31)50)42-16-15-27-20-48(21-44-27)24(3)4/h5-14,20-24,28-30,32-33,51-52H,15-19H2,1-4H3,(H2,42,43,46,47)/t29-,30+,32+,33-/m0/s1. The molecule has 2 aromatic carbocycles. The van der Waals surface area contributed by atoms with Gasteiger partial charge in [-0.05, 0) is 37.3 Å². The van der Waals surface area contributed by atoms with Crippen LogP contribution in [0.2, 0.25) is 0 Å². The first-order valence-electron chi connectivity index (χ1n) is 17.9. The Hall–Kier alpha value is -5.02. The number of nitrogens with zero attached hydrogens (tertiary/aromatic N) is 7. The van der Waals surface area contributed by atoms with E-state index in [4.69, 9.17) is 9.97 Å². The van der Waals surface area contributed by atoms with Crippen LogP contribution in [0.4, 0.5) is 24.9 Å². The molecule has 12 nitrogen and oxygen atoms in total. The van der Waals surface area contributed by atoms with Gasteiger partial charge in [0.1, 0.15) is 12.2 Å². The summed E-state index contributed by atoms with van der Waals surface area (Å²) >= 11 is 0. The molecule has 0 spiro atoms. The predicted molar refractivity (Wildman–Crippen MR) is 195 cm³/mol. The Balaban J connectivity index is 1.33. The monoisotopic (exact) mass is 733 g/mol. The Morgan fingerprint density at radius 2 is 1.58 bits per heavy atom. The van der Waals surface area contributed by atoms with Crippen LogP contribution in [-0.2, 0) is 11.2 Å². The number of carbonyl (C=O) groups excluding carboxylic acids is 1. The summed E-state index contributed by atoms with van der Waals surface area (Å²) in [6, 6.07) is 18.2. The third kappa shape index (κ3) is 8.46. The molecular formula is C38H46F3N9O3. The number of fused-ring (bicyclic) bond motifs is 1. The molecule has 1 amide bonds. The zero-order valence-corrected chi connectivity index (χ0v) is 30.1. The van der Waals surface area contributed by atoms with Gasteiger partial charge in [0.15, 0.2) is 17.0 Å². The van der Waals surface area contributed by atoms with Crippen LogP contribution in [0.1, 0.15) is 68.9 Å². The van der Waals surface area contributed by atoms with Gasteiger partial charge in [0.25, 0.3) is 0 Å². The first-order valence-corrected chi connectivity index (χ1v) is 17.9. The number of rotatable bonds is 14. The molecule has 282 valence electrons. The summed E-state index contributed by atoms with van der Waals surface area (Å²) in [4.78, 5) is 31.8. The number of aliphatic hydroxyl groups excluding tert-OH is 2. The Bertz CT molecular complexity index is 1930. The molecule has 1 fully saturated rings. The van der Waals surface area contributed by atoms with E-state index in [0.29, 0.717) is 41.4 Å². The van der Waals surface area contributed by atoms with E-state index in [1.165, 1.54) is 6.33 Å². The van der Waals surface area contributed by atoms with Crippen LogP contribution in [0.5, 0.6) is 0 Å². The van der Waals surface area contributed by atoms with Crippen molar-refractivity contribution in [3.63, 3.8) is 0 Å². The molecule has 0 saturated heterocycles. The van der Waals surface area contributed by atoms with Crippen molar-refractivity contribution in [1.82, 2.24) is 34.0 Å². The molecule has 4 atom stereocenters. The quantitative estimate of drug-likeness (QED) is 0.115. The number of aliphatic hydroxyl groups is 2. The van der Waals surface area contributed by atoms with Crippen LogP contribution < -0.4 is 10.6 Å². The van der Waals surface area contributed by atoms with E-state index in [1.807, 2.05) is 47.2 Å². The van der Waals surface area contributed by atoms with Gasteiger partial charge in [0.2, 0.25) is 5.95 Å². The smallest absolute Gasteiger partial charge is 0.388 e. The van der Waals surface area contributed by atoms with Gasteiger partial charge in [-0.1, -0.05) is 74.5 Å². The Morgan fingerprint density at radius 1 is 0.925 bits per heavy atom. The van der Waals surface area contributed by atoms with E-state index in [0.717, 1.165) is 16.8 Å². The van der Waals surface area contributed by atoms with Crippen molar-refractivity contribution in [3.05, 3.63) is 96.3 Å². The molecule has 1 saturated carbocycles. The average Bonchev–Trinajstić information content (AvgIpc) is 3.85. The lowest BCUT2D eigenvalue weighted by molar-refractivity contribution is -0.190. The van der Waals surface area contributed by atoms with Crippen molar-refractivity contribution in [3.8, 4) is 0 Å². The number of hydrogen-bond donors (Lipinski definition) is 4. The molecule has 0 bridgehead atoms. The van der Waals surface area contributed by atoms with Gasteiger partial charge in [0.05, 0.1) is 30.4 Å². The van der Waals surface area contributed by atoms with Gasteiger partial charge in [0, 0.05) is 44.2 Å². The van der Waals surface area contributed by atoms with E-state index < -0.39 is 36.4 Å². The van der Waals surface area contributed by atoms with E-state index in [-0.39, 0.29) is 36.8 Å². The summed E-state index contributed by atoms with van der Waals surface area (Å²) in [5.41, 5.74) is 3.75. The van der Waals surface area contributed by atoms with Crippen molar-refractivity contribution in [2.24, 2.45) is 5.92 Å². The number of benzene rings is 2. The summed E-state index contributed by atoms with van der Waals surface area (Å²) < 4.78 is 44.7. The topological polar surface area (TPSA) is 146 Å². The molecular weight excluding hydrogens is 687 g/mol. The average molecular weight is 734 g/mol. The van der Waals surface area contributed by atoms with E-state index >= 15 is 0 Å². The Labute approximate surface area is 306 Å². The van der Waals surface area contributed by atoms with E-state index in [2.05, 4.69) is 58.7 Å². The lowest BCUT2D eigenvalue weighted by Crippen LogP contribution is -2.52. The first-order chi connectivity index (χ1) is 25.3. The minimum atomic E-state index is -5.14. The fraction of sp³-hybridized carbons (Fsp3) is 0.447. The largest absolute Gasteiger partial charge is 0.471 e. The maximum absolute atomic E-state index is 13.7. The summed E-state index contributed by atoms with van der Waals surface area (Å²) in [6.45, 7) is 8.16. The van der Waals surface area contributed by atoms with Crippen LogP contribution in [0.3, 0.4) is 0 Å². The third-order valence-corrected chi connectivity index (χ3v) is 9.66. The number of carbonyl (C=O) groups is 1. The molecule has 0 unspecified atom stereocenters. The van der Waals surface area contributed by atoms with E-state index in [9.17, 15) is 28.2 Å². The van der Waals surface area contributed by atoms with Gasteiger partial charge in [-0.2, -0.15) is 23.1 Å². The SMILES string of the molecule is CC(C)CN(C(=O)C(F)(F)F)[C@H]1C[C@@H](n2cnc3c(NCC(c4ccccc4)c4ccccc4)nc(NCCc4cn(C(C)C)cn4)nc32)[C@H](O)[C@@H]1O.